The quantitative estimate of drug-likeness (QED) is 0.745. The molecule has 126 valence electrons. The van der Waals surface area contributed by atoms with Crippen molar-refractivity contribution in [1.29, 1.82) is 0 Å². The Labute approximate surface area is 140 Å². The summed E-state index contributed by atoms with van der Waals surface area (Å²) >= 11 is 0. The van der Waals surface area contributed by atoms with Crippen LogP contribution in [0.4, 0.5) is 5.69 Å². The van der Waals surface area contributed by atoms with Gasteiger partial charge >= 0.3 is 5.97 Å². The number of likely N-dealkylation sites (N-methyl/N-ethyl adjacent to an activating group) is 1. The van der Waals surface area contributed by atoms with Crippen LogP contribution in [-0.2, 0) is 16.1 Å². The Bertz CT molecular complexity index is 687. The lowest BCUT2D eigenvalue weighted by molar-refractivity contribution is -0.133. The second kappa shape index (κ2) is 8.05. The molecule has 0 atom stereocenters. The highest BCUT2D eigenvalue weighted by molar-refractivity contribution is 5.89. The van der Waals surface area contributed by atoms with Gasteiger partial charge in [0.25, 0.3) is 5.91 Å². The molecular weight excluding hydrogens is 308 g/mol. The van der Waals surface area contributed by atoms with Gasteiger partial charge in [0, 0.05) is 45.8 Å². The van der Waals surface area contributed by atoms with Gasteiger partial charge in [-0.05, 0) is 17.7 Å². The third-order valence-electron chi connectivity index (χ3n) is 3.40. The Balaban J connectivity index is 1.84. The van der Waals surface area contributed by atoms with Crippen LogP contribution in [0.15, 0.2) is 42.9 Å². The van der Waals surface area contributed by atoms with Crippen LogP contribution in [-0.4, -0.2) is 54.5 Å². The van der Waals surface area contributed by atoms with E-state index in [1.54, 1.807) is 7.05 Å². The third-order valence-corrected chi connectivity index (χ3v) is 3.40. The summed E-state index contributed by atoms with van der Waals surface area (Å²) in [5, 5.41) is 0. The van der Waals surface area contributed by atoms with Crippen LogP contribution in [0.5, 0.6) is 0 Å². The number of hydrogen-bond donors (Lipinski definition) is 0. The maximum atomic E-state index is 12.1. The SMILES string of the molecule is CN(Cc1ccc(N(C)C)cc1)C(=O)COC(=O)c1cnccn1. The second-order valence-corrected chi connectivity index (χ2v) is 5.48. The Morgan fingerprint density at radius 1 is 1.08 bits per heavy atom. The molecule has 1 heterocycles. The Hall–Kier alpha value is -2.96. The fourth-order valence-electron chi connectivity index (χ4n) is 1.98. The van der Waals surface area contributed by atoms with E-state index in [-0.39, 0.29) is 18.2 Å². The Morgan fingerprint density at radius 3 is 2.38 bits per heavy atom. The summed E-state index contributed by atoms with van der Waals surface area (Å²) < 4.78 is 4.96. The molecule has 1 aromatic heterocycles. The number of rotatable bonds is 6. The smallest absolute Gasteiger partial charge is 0.359 e. The number of hydrogen-bond acceptors (Lipinski definition) is 6. The van der Waals surface area contributed by atoms with Crippen molar-refractivity contribution in [2.24, 2.45) is 0 Å². The highest BCUT2D eigenvalue weighted by Crippen LogP contribution is 2.13. The highest BCUT2D eigenvalue weighted by atomic mass is 16.5. The van der Waals surface area contributed by atoms with Crippen molar-refractivity contribution in [3.05, 3.63) is 54.1 Å². The minimum Gasteiger partial charge on any atom is -0.451 e. The fraction of sp³-hybridized carbons (Fsp3) is 0.294. The molecule has 1 aromatic carbocycles. The number of aromatic nitrogens is 2. The molecule has 24 heavy (non-hydrogen) atoms. The summed E-state index contributed by atoms with van der Waals surface area (Å²) in [6.45, 7) is 0.108. The molecule has 0 bridgehead atoms. The first-order valence-corrected chi connectivity index (χ1v) is 7.40. The summed E-state index contributed by atoms with van der Waals surface area (Å²) in [6, 6.07) is 7.90. The summed E-state index contributed by atoms with van der Waals surface area (Å²) in [4.78, 5) is 34.9. The molecule has 2 aromatic rings. The normalized spacial score (nSPS) is 10.1. The van der Waals surface area contributed by atoms with E-state index in [4.69, 9.17) is 4.74 Å². The molecule has 7 nitrogen and oxygen atoms in total. The summed E-state index contributed by atoms with van der Waals surface area (Å²) in [5.41, 5.74) is 2.16. The van der Waals surface area contributed by atoms with Crippen LogP contribution in [0.2, 0.25) is 0 Å². The van der Waals surface area contributed by atoms with Gasteiger partial charge in [-0.1, -0.05) is 12.1 Å². The summed E-state index contributed by atoms with van der Waals surface area (Å²) in [5.74, 6) is -0.955. The molecule has 0 aliphatic rings. The zero-order valence-electron chi connectivity index (χ0n) is 14.0. The molecule has 0 fully saturated rings. The van der Waals surface area contributed by atoms with Crippen LogP contribution >= 0.6 is 0 Å². The molecular formula is C17H20N4O3. The Morgan fingerprint density at radius 2 is 1.79 bits per heavy atom. The minimum atomic E-state index is -0.666. The maximum Gasteiger partial charge on any atom is 0.359 e. The van der Waals surface area contributed by atoms with Crippen LogP contribution in [0.25, 0.3) is 0 Å². The van der Waals surface area contributed by atoms with Gasteiger partial charge in [-0.2, -0.15) is 0 Å². The number of benzene rings is 1. The van der Waals surface area contributed by atoms with Crippen molar-refractivity contribution in [2.75, 3.05) is 32.6 Å². The molecule has 0 aliphatic carbocycles. The molecule has 0 aliphatic heterocycles. The van der Waals surface area contributed by atoms with E-state index < -0.39 is 5.97 Å². The first-order chi connectivity index (χ1) is 11.5. The van der Waals surface area contributed by atoms with E-state index in [2.05, 4.69) is 9.97 Å². The van der Waals surface area contributed by atoms with Crippen molar-refractivity contribution in [2.45, 2.75) is 6.54 Å². The second-order valence-electron chi connectivity index (χ2n) is 5.48. The van der Waals surface area contributed by atoms with Crippen molar-refractivity contribution < 1.29 is 14.3 Å². The zero-order valence-corrected chi connectivity index (χ0v) is 14.0. The van der Waals surface area contributed by atoms with Crippen LogP contribution < -0.4 is 4.90 Å². The van der Waals surface area contributed by atoms with E-state index >= 15 is 0 Å². The first-order valence-electron chi connectivity index (χ1n) is 7.40. The maximum absolute atomic E-state index is 12.1. The molecule has 0 unspecified atom stereocenters. The van der Waals surface area contributed by atoms with Gasteiger partial charge in [-0.3, -0.25) is 9.78 Å². The van der Waals surface area contributed by atoms with Gasteiger partial charge in [-0.25, -0.2) is 9.78 Å². The molecule has 1 amide bonds. The van der Waals surface area contributed by atoms with E-state index in [1.807, 2.05) is 43.3 Å². The lowest BCUT2D eigenvalue weighted by Crippen LogP contribution is -2.31. The minimum absolute atomic E-state index is 0.0761. The fourth-order valence-corrected chi connectivity index (χ4v) is 1.98. The average Bonchev–Trinajstić information content (AvgIpc) is 2.60. The van der Waals surface area contributed by atoms with Gasteiger partial charge in [-0.15, -0.1) is 0 Å². The van der Waals surface area contributed by atoms with Crippen molar-refractivity contribution >= 4 is 17.6 Å². The van der Waals surface area contributed by atoms with Crippen molar-refractivity contribution in [1.82, 2.24) is 14.9 Å². The molecule has 2 rings (SSSR count). The largest absolute Gasteiger partial charge is 0.451 e. The van der Waals surface area contributed by atoms with Crippen LogP contribution in [0, 0.1) is 0 Å². The van der Waals surface area contributed by atoms with Gasteiger partial charge in [0.2, 0.25) is 0 Å². The van der Waals surface area contributed by atoms with E-state index in [0.717, 1.165) is 11.3 Å². The predicted octanol–water partition coefficient (Wildman–Crippen LogP) is 1.36. The molecule has 0 radical (unpaired) electrons. The number of nitrogens with zero attached hydrogens (tertiary/aromatic N) is 4. The predicted molar refractivity (Wildman–Crippen MR) is 89.6 cm³/mol. The lowest BCUT2D eigenvalue weighted by atomic mass is 10.2. The third kappa shape index (κ3) is 4.77. The van der Waals surface area contributed by atoms with Gasteiger partial charge < -0.3 is 14.5 Å². The summed E-state index contributed by atoms with van der Waals surface area (Å²) in [7, 11) is 5.60. The van der Waals surface area contributed by atoms with E-state index in [9.17, 15) is 9.59 Å². The van der Waals surface area contributed by atoms with Crippen molar-refractivity contribution in [3.63, 3.8) is 0 Å². The lowest BCUT2D eigenvalue weighted by Gasteiger charge is -2.18. The Kier molecular flexibility index (Phi) is 5.83. The number of ether oxygens (including phenoxy) is 1. The van der Waals surface area contributed by atoms with Gasteiger partial charge in [0.15, 0.2) is 12.3 Å². The number of carbonyl (C=O) groups is 2. The monoisotopic (exact) mass is 328 g/mol. The highest BCUT2D eigenvalue weighted by Gasteiger charge is 2.14. The number of anilines is 1. The molecule has 0 saturated heterocycles. The molecule has 0 spiro atoms. The molecule has 7 heteroatoms. The van der Waals surface area contributed by atoms with Gasteiger partial charge in [0.1, 0.15) is 0 Å². The first kappa shape index (κ1) is 17.4. The van der Waals surface area contributed by atoms with E-state index in [1.165, 1.54) is 23.5 Å². The summed E-state index contributed by atoms with van der Waals surface area (Å²) in [6.07, 6.45) is 4.14. The topological polar surface area (TPSA) is 75.6 Å². The van der Waals surface area contributed by atoms with Gasteiger partial charge in [0.05, 0.1) is 6.20 Å². The number of esters is 1. The molecule has 0 saturated carbocycles. The standard InChI is InChI=1S/C17H20N4O3/c1-20(2)14-6-4-13(5-7-14)11-21(3)16(22)12-24-17(23)15-10-18-8-9-19-15/h4-10H,11-12H2,1-3H3. The molecule has 0 N–H and O–H groups in total. The number of carbonyl (C=O) groups excluding carboxylic acids is 2. The van der Waals surface area contributed by atoms with Crippen molar-refractivity contribution in [3.8, 4) is 0 Å². The zero-order chi connectivity index (χ0) is 17.5. The number of amides is 1. The van der Waals surface area contributed by atoms with Crippen LogP contribution in [0.3, 0.4) is 0 Å². The van der Waals surface area contributed by atoms with E-state index in [0.29, 0.717) is 6.54 Å². The van der Waals surface area contributed by atoms with Crippen LogP contribution in [0.1, 0.15) is 16.1 Å². The average molecular weight is 328 g/mol.